The molecule has 7 nitrogen and oxygen atoms in total. The summed E-state index contributed by atoms with van der Waals surface area (Å²) in [7, 11) is 0. The molecule has 3 aromatic rings. The van der Waals surface area contributed by atoms with Crippen LogP contribution in [0, 0.1) is 0 Å². The van der Waals surface area contributed by atoms with Crippen LogP contribution in [0.5, 0.6) is 5.75 Å². The van der Waals surface area contributed by atoms with Crippen LogP contribution in [0.1, 0.15) is 18.9 Å². The molecule has 31 heavy (non-hydrogen) atoms. The number of nitrogens with zero attached hydrogens (tertiary/aromatic N) is 2. The van der Waals surface area contributed by atoms with Crippen molar-refractivity contribution in [2.75, 3.05) is 19.7 Å². The third-order valence-corrected chi connectivity index (χ3v) is 4.59. The molecular weight excluding hydrogens is 505 g/mol. The highest BCUT2D eigenvalue weighted by atomic mass is 127. The number of nitrogens with two attached hydrogens (primary N) is 1. The number of carbonyl (C=O) groups excluding carboxylic acids is 1. The van der Waals surface area contributed by atoms with E-state index in [2.05, 4.69) is 56.7 Å². The van der Waals surface area contributed by atoms with Gasteiger partial charge in [-0.05, 0) is 48.6 Å². The minimum absolute atomic E-state index is 0. The van der Waals surface area contributed by atoms with Crippen LogP contribution in [0.2, 0.25) is 0 Å². The molecule has 1 aromatic heterocycles. The molecule has 166 valence electrons. The van der Waals surface area contributed by atoms with Crippen LogP contribution < -0.4 is 21.1 Å². The summed E-state index contributed by atoms with van der Waals surface area (Å²) in [6.45, 7) is 4.97. The lowest BCUT2D eigenvalue weighted by molar-refractivity contribution is -0.119. The summed E-state index contributed by atoms with van der Waals surface area (Å²) in [6, 6.07) is 18.1. The highest BCUT2D eigenvalue weighted by Gasteiger charge is 2.02. The van der Waals surface area contributed by atoms with Crippen molar-refractivity contribution in [3.05, 3.63) is 66.4 Å². The Hall–Kier alpha value is -2.75. The van der Waals surface area contributed by atoms with Gasteiger partial charge < -0.3 is 25.7 Å². The number of hydrogen-bond acceptors (Lipinski definition) is 3. The minimum atomic E-state index is -0.495. The molecule has 0 saturated heterocycles. The first-order valence-corrected chi connectivity index (χ1v) is 10.2. The van der Waals surface area contributed by atoms with E-state index in [1.54, 1.807) is 6.07 Å². The van der Waals surface area contributed by atoms with Gasteiger partial charge in [0, 0.05) is 31.3 Å². The number of ether oxygens (including phenoxy) is 1. The van der Waals surface area contributed by atoms with Crippen molar-refractivity contribution in [2.24, 2.45) is 10.7 Å². The largest absolute Gasteiger partial charge is 0.484 e. The summed E-state index contributed by atoms with van der Waals surface area (Å²) in [6.07, 6.45) is 3.12. The Morgan fingerprint density at radius 2 is 1.97 bits per heavy atom. The number of hydrogen-bond donors (Lipinski definition) is 3. The monoisotopic (exact) mass is 535 g/mol. The van der Waals surface area contributed by atoms with Crippen LogP contribution in [0.25, 0.3) is 10.9 Å². The number of nitrogens with one attached hydrogen (secondary N) is 2. The fraction of sp³-hybridized carbons (Fsp3) is 0.304. The summed E-state index contributed by atoms with van der Waals surface area (Å²) < 4.78 is 7.63. The van der Waals surface area contributed by atoms with Crippen molar-refractivity contribution in [3.63, 3.8) is 0 Å². The number of benzene rings is 2. The lowest BCUT2D eigenvalue weighted by Gasteiger charge is -2.12. The average molecular weight is 535 g/mol. The molecule has 0 atom stereocenters. The van der Waals surface area contributed by atoms with Crippen LogP contribution in [-0.2, 0) is 17.9 Å². The van der Waals surface area contributed by atoms with Gasteiger partial charge in [0.1, 0.15) is 5.75 Å². The second-order valence-corrected chi connectivity index (χ2v) is 6.95. The van der Waals surface area contributed by atoms with Crippen LogP contribution in [0.4, 0.5) is 0 Å². The van der Waals surface area contributed by atoms with Crippen molar-refractivity contribution in [1.29, 1.82) is 0 Å². The molecule has 0 saturated carbocycles. The number of guanidine groups is 1. The Morgan fingerprint density at radius 3 is 2.77 bits per heavy atom. The number of rotatable bonds is 10. The average Bonchev–Trinajstić information content (AvgIpc) is 3.17. The van der Waals surface area contributed by atoms with Crippen LogP contribution in [-0.4, -0.2) is 36.1 Å². The molecular formula is C23H30IN5O2. The fourth-order valence-corrected chi connectivity index (χ4v) is 3.19. The molecule has 0 aliphatic rings. The van der Waals surface area contributed by atoms with Crippen molar-refractivity contribution in [1.82, 2.24) is 15.2 Å². The van der Waals surface area contributed by atoms with E-state index in [9.17, 15) is 4.79 Å². The zero-order chi connectivity index (χ0) is 21.2. The van der Waals surface area contributed by atoms with E-state index in [1.807, 2.05) is 25.1 Å². The van der Waals surface area contributed by atoms with Crippen LogP contribution >= 0.6 is 24.0 Å². The van der Waals surface area contributed by atoms with Crippen molar-refractivity contribution in [2.45, 2.75) is 26.4 Å². The molecule has 1 heterocycles. The van der Waals surface area contributed by atoms with Gasteiger partial charge in [0.2, 0.25) is 0 Å². The molecule has 3 rings (SSSR count). The zero-order valence-electron chi connectivity index (χ0n) is 17.7. The van der Waals surface area contributed by atoms with Crippen molar-refractivity contribution in [3.8, 4) is 5.75 Å². The number of aromatic nitrogens is 1. The van der Waals surface area contributed by atoms with E-state index in [1.165, 1.54) is 10.9 Å². The third kappa shape index (κ3) is 7.78. The van der Waals surface area contributed by atoms with Gasteiger partial charge in [-0.3, -0.25) is 4.79 Å². The Balaban J connectivity index is 0.00000341. The van der Waals surface area contributed by atoms with E-state index in [-0.39, 0.29) is 30.6 Å². The van der Waals surface area contributed by atoms with Crippen molar-refractivity contribution < 1.29 is 9.53 Å². The molecule has 8 heteroatoms. The Kier molecular flexibility index (Phi) is 10.2. The fourth-order valence-electron chi connectivity index (χ4n) is 3.19. The Bertz CT molecular complexity index is 1000. The number of aliphatic imine (C=N–C) groups is 1. The van der Waals surface area contributed by atoms with E-state index >= 15 is 0 Å². The van der Waals surface area contributed by atoms with Gasteiger partial charge in [-0.1, -0.05) is 30.3 Å². The number of fused-ring (bicyclic) bond motifs is 1. The second-order valence-electron chi connectivity index (χ2n) is 6.95. The third-order valence-electron chi connectivity index (χ3n) is 4.59. The first kappa shape index (κ1) is 24.5. The van der Waals surface area contributed by atoms with Crippen LogP contribution in [0.15, 0.2) is 65.8 Å². The molecule has 4 N–H and O–H groups in total. The Labute approximate surface area is 200 Å². The number of primary amides is 1. The van der Waals surface area contributed by atoms with Gasteiger partial charge in [0.05, 0.1) is 6.54 Å². The van der Waals surface area contributed by atoms with Gasteiger partial charge in [-0.25, -0.2) is 4.99 Å². The first-order valence-electron chi connectivity index (χ1n) is 10.2. The summed E-state index contributed by atoms with van der Waals surface area (Å²) in [4.78, 5) is 15.5. The minimum Gasteiger partial charge on any atom is -0.484 e. The highest BCUT2D eigenvalue weighted by molar-refractivity contribution is 14.0. The van der Waals surface area contributed by atoms with E-state index in [0.717, 1.165) is 37.6 Å². The lowest BCUT2D eigenvalue weighted by Crippen LogP contribution is -2.38. The summed E-state index contributed by atoms with van der Waals surface area (Å²) >= 11 is 0. The zero-order valence-corrected chi connectivity index (χ0v) is 20.0. The molecule has 0 radical (unpaired) electrons. The molecule has 2 aromatic carbocycles. The standard InChI is InChI=1S/C23H29N5O2.HI/c1-2-25-23(27-16-18-7-5-9-20(15-18)30-17-22(24)29)26-12-6-13-28-14-11-19-8-3-4-10-21(19)28;/h3-5,7-11,14-15H,2,6,12-13,16-17H2,1H3,(H2,24,29)(H2,25,26,27);1H. The van der Waals surface area contributed by atoms with Gasteiger partial charge in [0.25, 0.3) is 5.91 Å². The van der Waals surface area contributed by atoms with Gasteiger partial charge >= 0.3 is 0 Å². The summed E-state index contributed by atoms with van der Waals surface area (Å²) in [5, 5.41) is 7.93. The maximum Gasteiger partial charge on any atom is 0.255 e. The number of carbonyl (C=O) groups is 1. The number of aryl methyl sites for hydroxylation is 1. The molecule has 0 aliphatic carbocycles. The number of amides is 1. The number of halogens is 1. The van der Waals surface area contributed by atoms with Crippen LogP contribution in [0.3, 0.4) is 0 Å². The quantitative estimate of drug-likeness (QED) is 0.161. The SMILES string of the molecule is CCNC(=NCc1cccc(OCC(N)=O)c1)NCCCn1ccc2ccccc21.I. The molecule has 0 bridgehead atoms. The van der Waals surface area contributed by atoms with Gasteiger partial charge in [0.15, 0.2) is 12.6 Å². The maximum absolute atomic E-state index is 10.9. The van der Waals surface area contributed by atoms with Gasteiger partial charge in [-0.2, -0.15) is 0 Å². The van der Waals surface area contributed by atoms with Crippen molar-refractivity contribution >= 4 is 46.7 Å². The lowest BCUT2D eigenvalue weighted by atomic mass is 10.2. The normalized spacial score (nSPS) is 11.1. The Morgan fingerprint density at radius 1 is 1.13 bits per heavy atom. The molecule has 1 amide bonds. The van der Waals surface area contributed by atoms with E-state index in [0.29, 0.717) is 12.3 Å². The summed E-state index contributed by atoms with van der Waals surface area (Å²) in [5.74, 6) is 0.890. The maximum atomic E-state index is 10.9. The smallest absolute Gasteiger partial charge is 0.255 e. The topological polar surface area (TPSA) is 93.7 Å². The van der Waals surface area contributed by atoms with Gasteiger partial charge in [-0.15, -0.1) is 24.0 Å². The van der Waals surface area contributed by atoms with E-state index < -0.39 is 5.91 Å². The summed E-state index contributed by atoms with van der Waals surface area (Å²) in [5.41, 5.74) is 7.38. The van der Waals surface area contributed by atoms with E-state index in [4.69, 9.17) is 10.5 Å². The predicted molar refractivity (Wildman–Crippen MR) is 136 cm³/mol. The molecule has 0 fully saturated rings. The first-order chi connectivity index (χ1) is 14.7. The number of para-hydroxylation sites is 1. The molecule has 0 unspecified atom stereocenters. The molecule has 0 aliphatic heterocycles. The highest BCUT2D eigenvalue weighted by Crippen LogP contribution is 2.15. The predicted octanol–water partition coefficient (Wildman–Crippen LogP) is 3.27. The molecule has 0 spiro atoms. The second kappa shape index (κ2) is 12.8.